The van der Waals surface area contributed by atoms with Gasteiger partial charge in [-0.1, -0.05) is 30.3 Å². The number of aliphatic carboxylic acids is 1. The lowest BCUT2D eigenvalue weighted by Crippen LogP contribution is -2.48. The first-order chi connectivity index (χ1) is 10.5. The molecular weight excluding hydrogens is 300 g/mol. The fourth-order valence-corrected chi connectivity index (χ4v) is 2.49. The Morgan fingerprint density at radius 3 is 2.45 bits per heavy atom. The summed E-state index contributed by atoms with van der Waals surface area (Å²) in [5.74, 6) is -0.304. The molecule has 0 aliphatic rings. The molecule has 22 heavy (non-hydrogen) atoms. The number of carboxylic acid groups (broad SMARTS) is 1. The van der Waals surface area contributed by atoms with E-state index in [1.807, 2.05) is 31.4 Å². The van der Waals surface area contributed by atoms with E-state index < -0.39 is 18.0 Å². The zero-order valence-electron chi connectivity index (χ0n) is 13.0. The minimum Gasteiger partial charge on any atom is -0.480 e. The number of hydrogen-bond acceptors (Lipinski definition) is 3. The highest BCUT2D eigenvalue weighted by atomic mass is 32.2. The minimum atomic E-state index is -0.999. The number of benzene rings is 1. The first-order valence-corrected chi connectivity index (χ1v) is 8.75. The average molecular weight is 324 g/mol. The van der Waals surface area contributed by atoms with Crippen molar-refractivity contribution in [1.29, 1.82) is 0 Å². The molecular formula is C16H24N2O3S. The number of carbonyl (C=O) groups is 2. The van der Waals surface area contributed by atoms with Crippen molar-refractivity contribution in [2.24, 2.45) is 0 Å². The Balaban J connectivity index is 2.34. The largest absolute Gasteiger partial charge is 0.480 e. The van der Waals surface area contributed by atoms with E-state index in [0.29, 0.717) is 12.2 Å². The lowest BCUT2D eigenvalue weighted by molar-refractivity contribution is -0.139. The maximum Gasteiger partial charge on any atom is 0.326 e. The third kappa shape index (κ3) is 7.36. The van der Waals surface area contributed by atoms with Gasteiger partial charge in [0.05, 0.1) is 0 Å². The molecule has 122 valence electrons. The van der Waals surface area contributed by atoms with Crippen LogP contribution in [0, 0.1) is 0 Å². The molecule has 0 saturated carbocycles. The molecule has 0 spiro atoms. The predicted octanol–water partition coefficient (Wildman–Crippen LogP) is 2.51. The summed E-state index contributed by atoms with van der Waals surface area (Å²) in [6, 6.07) is 8.77. The fraction of sp³-hybridized carbons (Fsp3) is 0.500. The van der Waals surface area contributed by atoms with Crippen LogP contribution in [0.3, 0.4) is 0 Å². The molecule has 0 fully saturated rings. The Labute approximate surface area is 135 Å². The van der Waals surface area contributed by atoms with Gasteiger partial charge in [0.1, 0.15) is 6.04 Å². The SMILES string of the molecule is CSCC[C@H](NC(=O)N[C@H](C)CCc1ccccc1)C(=O)O. The number of amides is 2. The number of hydrogen-bond donors (Lipinski definition) is 3. The van der Waals surface area contributed by atoms with Crippen LogP contribution in [-0.2, 0) is 11.2 Å². The molecule has 6 heteroatoms. The van der Waals surface area contributed by atoms with Crippen molar-refractivity contribution in [3.8, 4) is 0 Å². The van der Waals surface area contributed by atoms with Crippen LogP contribution in [-0.4, -0.2) is 41.2 Å². The molecule has 0 aliphatic heterocycles. The molecule has 1 aromatic rings. The van der Waals surface area contributed by atoms with E-state index in [9.17, 15) is 9.59 Å². The molecule has 0 saturated heterocycles. The molecule has 0 bridgehead atoms. The van der Waals surface area contributed by atoms with E-state index in [2.05, 4.69) is 22.8 Å². The summed E-state index contributed by atoms with van der Waals surface area (Å²) in [5.41, 5.74) is 1.22. The molecule has 1 aromatic carbocycles. The molecule has 0 radical (unpaired) electrons. The van der Waals surface area contributed by atoms with Crippen LogP contribution in [0.15, 0.2) is 30.3 Å². The molecule has 1 rings (SSSR count). The zero-order chi connectivity index (χ0) is 16.4. The lowest BCUT2D eigenvalue weighted by Gasteiger charge is -2.18. The van der Waals surface area contributed by atoms with Crippen molar-refractivity contribution >= 4 is 23.8 Å². The highest BCUT2D eigenvalue weighted by Crippen LogP contribution is 2.05. The summed E-state index contributed by atoms with van der Waals surface area (Å²) < 4.78 is 0. The molecule has 3 N–H and O–H groups in total. The van der Waals surface area contributed by atoms with Gasteiger partial charge in [-0.3, -0.25) is 0 Å². The van der Waals surface area contributed by atoms with Gasteiger partial charge in [-0.15, -0.1) is 0 Å². The minimum absolute atomic E-state index is 0.0183. The van der Waals surface area contributed by atoms with Crippen molar-refractivity contribution in [3.63, 3.8) is 0 Å². The van der Waals surface area contributed by atoms with E-state index in [0.717, 1.165) is 12.8 Å². The van der Waals surface area contributed by atoms with Crippen LogP contribution in [0.2, 0.25) is 0 Å². The Kier molecular flexibility index (Phi) is 8.43. The quantitative estimate of drug-likeness (QED) is 0.652. The number of carboxylic acids is 1. The second-order valence-corrected chi connectivity index (χ2v) is 6.20. The summed E-state index contributed by atoms with van der Waals surface area (Å²) in [4.78, 5) is 22.9. The summed E-state index contributed by atoms with van der Waals surface area (Å²) in [5, 5.41) is 14.4. The fourth-order valence-electron chi connectivity index (χ4n) is 2.02. The second-order valence-electron chi connectivity index (χ2n) is 5.22. The van der Waals surface area contributed by atoms with Crippen LogP contribution < -0.4 is 10.6 Å². The molecule has 0 unspecified atom stereocenters. The van der Waals surface area contributed by atoms with Gasteiger partial charge < -0.3 is 15.7 Å². The van der Waals surface area contributed by atoms with Crippen molar-refractivity contribution in [1.82, 2.24) is 10.6 Å². The van der Waals surface area contributed by atoms with E-state index >= 15 is 0 Å². The Morgan fingerprint density at radius 2 is 1.86 bits per heavy atom. The number of nitrogens with one attached hydrogen (secondary N) is 2. The summed E-state index contributed by atoms with van der Waals surface area (Å²) >= 11 is 1.56. The van der Waals surface area contributed by atoms with Crippen molar-refractivity contribution in [2.45, 2.75) is 38.3 Å². The molecule has 0 aliphatic carbocycles. The maximum absolute atomic E-state index is 11.9. The number of aryl methyl sites for hydroxylation is 1. The molecule has 0 heterocycles. The van der Waals surface area contributed by atoms with Gasteiger partial charge in [-0.25, -0.2) is 9.59 Å². The Hall–Kier alpha value is -1.69. The number of urea groups is 1. The molecule has 5 nitrogen and oxygen atoms in total. The van der Waals surface area contributed by atoms with Crippen LogP contribution >= 0.6 is 11.8 Å². The van der Waals surface area contributed by atoms with Crippen molar-refractivity contribution < 1.29 is 14.7 Å². The van der Waals surface area contributed by atoms with Crippen LogP contribution in [0.5, 0.6) is 0 Å². The first-order valence-electron chi connectivity index (χ1n) is 7.35. The highest BCUT2D eigenvalue weighted by Gasteiger charge is 2.19. The van der Waals surface area contributed by atoms with E-state index in [1.165, 1.54) is 5.56 Å². The zero-order valence-corrected chi connectivity index (χ0v) is 13.9. The van der Waals surface area contributed by atoms with Gasteiger partial charge in [0.25, 0.3) is 0 Å². The topological polar surface area (TPSA) is 78.4 Å². The van der Waals surface area contributed by atoms with Gasteiger partial charge in [-0.05, 0) is 43.8 Å². The summed E-state index contributed by atoms with van der Waals surface area (Å²) in [7, 11) is 0. The third-order valence-corrected chi connectivity index (χ3v) is 3.94. The first kappa shape index (κ1) is 18.4. The van der Waals surface area contributed by atoms with Gasteiger partial charge in [0.2, 0.25) is 0 Å². The Bertz CT molecular complexity index is 468. The van der Waals surface area contributed by atoms with Crippen molar-refractivity contribution in [3.05, 3.63) is 35.9 Å². The monoisotopic (exact) mass is 324 g/mol. The summed E-state index contributed by atoms with van der Waals surface area (Å²) in [6.07, 6.45) is 4.00. The predicted molar refractivity (Wildman–Crippen MR) is 90.3 cm³/mol. The van der Waals surface area contributed by atoms with Crippen LogP contribution in [0.1, 0.15) is 25.3 Å². The lowest BCUT2D eigenvalue weighted by atomic mass is 10.1. The third-order valence-electron chi connectivity index (χ3n) is 3.30. The molecule has 0 aromatic heterocycles. The normalized spacial score (nSPS) is 13.2. The van der Waals surface area contributed by atoms with Crippen molar-refractivity contribution in [2.75, 3.05) is 12.0 Å². The van der Waals surface area contributed by atoms with Gasteiger partial charge >= 0.3 is 12.0 Å². The average Bonchev–Trinajstić information content (AvgIpc) is 2.50. The molecule has 2 atom stereocenters. The maximum atomic E-state index is 11.9. The highest BCUT2D eigenvalue weighted by molar-refractivity contribution is 7.98. The van der Waals surface area contributed by atoms with Crippen LogP contribution in [0.25, 0.3) is 0 Å². The Morgan fingerprint density at radius 1 is 1.18 bits per heavy atom. The standard InChI is InChI=1S/C16H24N2O3S/c1-12(8-9-13-6-4-3-5-7-13)17-16(21)18-14(15(19)20)10-11-22-2/h3-7,12,14H,8-11H2,1-2H3,(H,19,20)(H2,17,18,21)/t12-,14+/m1/s1. The van der Waals surface area contributed by atoms with Gasteiger partial charge in [-0.2, -0.15) is 11.8 Å². The van der Waals surface area contributed by atoms with E-state index in [4.69, 9.17) is 5.11 Å². The summed E-state index contributed by atoms with van der Waals surface area (Å²) in [6.45, 7) is 1.92. The molecule has 2 amide bonds. The number of carbonyl (C=O) groups excluding carboxylic acids is 1. The van der Waals surface area contributed by atoms with E-state index in [1.54, 1.807) is 11.8 Å². The van der Waals surface area contributed by atoms with E-state index in [-0.39, 0.29) is 6.04 Å². The second kappa shape index (κ2) is 10.1. The van der Waals surface area contributed by atoms with Crippen LogP contribution in [0.4, 0.5) is 4.79 Å². The smallest absolute Gasteiger partial charge is 0.326 e. The van der Waals surface area contributed by atoms with Gasteiger partial charge in [0, 0.05) is 6.04 Å². The number of thioether (sulfide) groups is 1. The van der Waals surface area contributed by atoms with Gasteiger partial charge in [0.15, 0.2) is 0 Å². The number of rotatable bonds is 9.